The number of thiophene rings is 1. The van der Waals surface area contributed by atoms with Crippen molar-refractivity contribution in [1.29, 1.82) is 0 Å². The predicted octanol–water partition coefficient (Wildman–Crippen LogP) is 3.61. The summed E-state index contributed by atoms with van der Waals surface area (Å²) in [7, 11) is 1.59. The van der Waals surface area contributed by atoms with Crippen LogP contribution in [0.3, 0.4) is 0 Å². The molecule has 0 saturated carbocycles. The van der Waals surface area contributed by atoms with Gasteiger partial charge >= 0.3 is 0 Å². The van der Waals surface area contributed by atoms with Crippen LogP contribution >= 0.6 is 11.3 Å². The van der Waals surface area contributed by atoms with Gasteiger partial charge in [-0.05, 0) is 36.9 Å². The highest BCUT2D eigenvalue weighted by Crippen LogP contribution is 2.41. The maximum atomic E-state index is 12.8. The molecule has 1 unspecified atom stereocenters. The fraction of sp³-hybridized carbons (Fsp3) is 0.333. The predicted molar refractivity (Wildman–Crippen MR) is 107 cm³/mol. The number of amides is 1. The van der Waals surface area contributed by atoms with E-state index in [0.29, 0.717) is 37.5 Å². The lowest BCUT2D eigenvalue weighted by atomic mass is 9.99. The Labute approximate surface area is 168 Å². The number of ether oxygens (including phenoxy) is 2. The fourth-order valence-corrected chi connectivity index (χ4v) is 4.13. The first kappa shape index (κ1) is 20.1. The van der Waals surface area contributed by atoms with Crippen LogP contribution in [0, 0.1) is 0 Å². The molecule has 0 spiro atoms. The second-order valence-corrected chi connectivity index (χ2v) is 7.29. The van der Waals surface area contributed by atoms with E-state index in [1.165, 1.54) is 16.2 Å². The van der Waals surface area contributed by atoms with Crippen LogP contribution < -0.4 is 4.74 Å². The van der Waals surface area contributed by atoms with Crippen molar-refractivity contribution in [3.63, 3.8) is 0 Å². The number of methoxy groups -OCH3 is 1. The largest absolute Gasteiger partial charge is 0.507 e. The Kier molecular flexibility index (Phi) is 6.49. The molecule has 0 bridgehead atoms. The number of Topliss-reactive ketones (excluding diaryl/α,β-unsaturated/α-hetero) is 1. The third kappa shape index (κ3) is 3.95. The molecule has 1 saturated heterocycles. The lowest BCUT2D eigenvalue weighted by molar-refractivity contribution is -0.140. The number of ketones is 1. The van der Waals surface area contributed by atoms with Crippen molar-refractivity contribution in [2.75, 3.05) is 26.9 Å². The highest BCUT2D eigenvalue weighted by Gasteiger charge is 2.46. The highest BCUT2D eigenvalue weighted by molar-refractivity contribution is 7.10. The molecule has 0 aliphatic carbocycles. The van der Waals surface area contributed by atoms with Crippen LogP contribution in [0.5, 0.6) is 5.75 Å². The number of likely N-dealkylation sites (tertiary alicyclic amines) is 1. The van der Waals surface area contributed by atoms with E-state index in [0.717, 1.165) is 4.88 Å². The molecule has 1 amide bonds. The zero-order valence-electron chi connectivity index (χ0n) is 15.9. The fourth-order valence-electron chi connectivity index (χ4n) is 3.29. The number of hydrogen-bond donors (Lipinski definition) is 1. The monoisotopic (exact) mass is 401 g/mol. The first-order valence-corrected chi connectivity index (χ1v) is 10.0. The zero-order valence-corrected chi connectivity index (χ0v) is 16.7. The van der Waals surface area contributed by atoms with Crippen LogP contribution in [-0.4, -0.2) is 48.6 Å². The summed E-state index contributed by atoms with van der Waals surface area (Å²) < 4.78 is 10.6. The summed E-state index contributed by atoms with van der Waals surface area (Å²) >= 11 is 1.45. The lowest BCUT2D eigenvalue weighted by Gasteiger charge is -2.24. The van der Waals surface area contributed by atoms with E-state index >= 15 is 0 Å². The molecule has 1 aliphatic heterocycles. The first-order valence-electron chi connectivity index (χ1n) is 9.12. The summed E-state index contributed by atoms with van der Waals surface area (Å²) in [5.41, 5.74) is 0.556. The molecule has 3 rings (SSSR count). The summed E-state index contributed by atoms with van der Waals surface area (Å²) in [6, 6.07) is 10.0. The molecular formula is C21H23NO5S. The topological polar surface area (TPSA) is 76.1 Å². The van der Waals surface area contributed by atoms with E-state index in [-0.39, 0.29) is 11.3 Å². The molecule has 1 aliphatic rings. The summed E-state index contributed by atoms with van der Waals surface area (Å²) in [6.45, 7) is 3.21. The number of hydrogen-bond acceptors (Lipinski definition) is 6. The van der Waals surface area contributed by atoms with E-state index < -0.39 is 17.7 Å². The molecule has 1 fully saturated rings. The molecule has 1 aromatic heterocycles. The second kappa shape index (κ2) is 9.03. The lowest BCUT2D eigenvalue weighted by Crippen LogP contribution is -2.31. The van der Waals surface area contributed by atoms with Crippen molar-refractivity contribution in [2.24, 2.45) is 0 Å². The van der Waals surface area contributed by atoms with Gasteiger partial charge in [0.15, 0.2) is 0 Å². The number of nitrogens with zero attached hydrogens (tertiary/aromatic N) is 1. The van der Waals surface area contributed by atoms with Crippen molar-refractivity contribution in [2.45, 2.75) is 19.4 Å². The minimum atomic E-state index is -0.671. The standard InChI is InChI=1S/C21H23NO5S/c1-3-27-15-8-4-7-14(13-15)19(23)17-18(16-9-5-12-28-16)22(10-6-11-26-2)21(25)20(17)24/h4-5,7-9,12-13,18,23H,3,6,10-11H2,1-2H3/b19-17+. The number of carbonyl (C=O) groups excluding carboxylic acids is 2. The van der Waals surface area contributed by atoms with Gasteiger partial charge in [-0.15, -0.1) is 11.3 Å². The quantitative estimate of drug-likeness (QED) is 0.317. The average molecular weight is 401 g/mol. The molecule has 2 heterocycles. The van der Waals surface area contributed by atoms with E-state index in [9.17, 15) is 14.7 Å². The Morgan fingerprint density at radius 3 is 2.75 bits per heavy atom. The molecule has 6 nitrogen and oxygen atoms in total. The average Bonchev–Trinajstić information content (AvgIpc) is 3.30. The maximum Gasteiger partial charge on any atom is 0.295 e. The summed E-state index contributed by atoms with van der Waals surface area (Å²) in [4.78, 5) is 27.9. The molecule has 148 valence electrons. The van der Waals surface area contributed by atoms with E-state index in [1.807, 2.05) is 24.4 Å². The normalized spacial score (nSPS) is 18.6. The molecule has 0 radical (unpaired) electrons. The van der Waals surface area contributed by atoms with Gasteiger partial charge in [-0.1, -0.05) is 18.2 Å². The van der Waals surface area contributed by atoms with Gasteiger partial charge in [0.2, 0.25) is 0 Å². The van der Waals surface area contributed by atoms with Crippen molar-refractivity contribution in [1.82, 2.24) is 4.90 Å². The Morgan fingerprint density at radius 2 is 2.07 bits per heavy atom. The summed E-state index contributed by atoms with van der Waals surface area (Å²) in [5, 5.41) is 12.9. The number of aliphatic hydroxyl groups excluding tert-OH is 1. The molecule has 28 heavy (non-hydrogen) atoms. The van der Waals surface area contributed by atoms with Gasteiger partial charge in [0, 0.05) is 30.7 Å². The van der Waals surface area contributed by atoms with Crippen LogP contribution in [0.4, 0.5) is 0 Å². The van der Waals surface area contributed by atoms with Crippen molar-refractivity contribution in [3.05, 3.63) is 57.8 Å². The SMILES string of the molecule is CCOc1cccc(/C(O)=C2\C(=O)C(=O)N(CCCOC)C2c2cccs2)c1. The molecule has 7 heteroatoms. The van der Waals surface area contributed by atoms with E-state index in [1.54, 1.807) is 31.4 Å². The van der Waals surface area contributed by atoms with Crippen LogP contribution in [0.2, 0.25) is 0 Å². The molecule has 1 atom stereocenters. The van der Waals surface area contributed by atoms with Crippen molar-refractivity contribution >= 4 is 28.8 Å². The molecule has 1 N–H and O–H groups in total. The van der Waals surface area contributed by atoms with Crippen molar-refractivity contribution in [3.8, 4) is 5.75 Å². The van der Waals surface area contributed by atoms with Crippen LogP contribution in [0.15, 0.2) is 47.4 Å². The Morgan fingerprint density at radius 1 is 1.25 bits per heavy atom. The zero-order chi connectivity index (χ0) is 20.1. The maximum absolute atomic E-state index is 12.8. The van der Waals surface area contributed by atoms with Gasteiger partial charge < -0.3 is 19.5 Å². The number of aliphatic hydroxyl groups is 1. The van der Waals surface area contributed by atoms with Gasteiger partial charge in [-0.25, -0.2) is 0 Å². The van der Waals surface area contributed by atoms with Crippen LogP contribution in [0.1, 0.15) is 29.8 Å². The highest BCUT2D eigenvalue weighted by atomic mass is 32.1. The van der Waals surface area contributed by atoms with E-state index in [4.69, 9.17) is 9.47 Å². The van der Waals surface area contributed by atoms with E-state index in [2.05, 4.69) is 0 Å². The van der Waals surface area contributed by atoms with Gasteiger partial charge in [0.05, 0.1) is 18.2 Å². The number of carbonyl (C=O) groups is 2. The van der Waals surface area contributed by atoms with Gasteiger partial charge in [-0.2, -0.15) is 0 Å². The van der Waals surface area contributed by atoms with Gasteiger partial charge in [-0.3, -0.25) is 9.59 Å². The number of rotatable bonds is 8. The first-order chi connectivity index (χ1) is 13.6. The Bertz CT molecular complexity index is 875. The van der Waals surface area contributed by atoms with Gasteiger partial charge in [0.25, 0.3) is 11.7 Å². The van der Waals surface area contributed by atoms with Crippen LogP contribution in [0.25, 0.3) is 5.76 Å². The third-order valence-corrected chi connectivity index (χ3v) is 5.44. The van der Waals surface area contributed by atoms with Crippen LogP contribution in [-0.2, 0) is 14.3 Å². The molecule has 1 aromatic carbocycles. The summed E-state index contributed by atoms with van der Waals surface area (Å²) in [6.07, 6.45) is 0.602. The second-order valence-electron chi connectivity index (χ2n) is 6.32. The Hall–Kier alpha value is -2.64. The summed E-state index contributed by atoms with van der Waals surface area (Å²) in [5.74, 6) is -0.867. The Balaban J connectivity index is 2.05. The number of benzene rings is 1. The minimum absolute atomic E-state index is 0.110. The van der Waals surface area contributed by atoms with Gasteiger partial charge in [0.1, 0.15) is 11.5 Å². The molecule has 2 aromatic rings. The minimum Gasteiger partial charge on any atom is -0.507 e. The molecular weight excluding hydrogens is 378 g/mol. The third-order valence-electron chi connectivity index (χ3n) is 4.52. The van der Waals surface area contributed by atoms with Crippen molar-refractivity contribution < 1.29 is 24.2 Å². The smallest absolute Gasteiger partial charge is 0.295 e.